The van der Waals surface area contributed by atoms with E-state index in [2.05, 4.69) is 10.4 Å². The lowest BCUT2D eigenvalue weighted by Crippen LogP contribution is -2.35. The lowest BCUT2D eigenvalue weighted by atomic mass is 9.91. The molecule has 2 rings (SSSR count). The Morgan fingerprint density at radius 3 is 2.73 bits per heavy atom. The van der Waals surface area contributed by atoms with Crippen LogP contribution in [0.2, 0.25) is 5.02 Å². The van der Waals surface area contributed by atoms with E-state index in [4.69, 9.17) is 11.6 Å². The van der Waals surface area contributed by atoms with Crippen LogP contribution in [-0.2, 0) is 16.1 Å². The molecule has 0 atom stereocenters. The van der Waals surface area contributed by atoms with Crippen LogP contribution in [0, 0.1) is 5.41 Å². The third-order valence-corrected chi connectivity index (χ3v) is 3.80. The normalized spacial score (nSPS) is 11.6. The van der Waals surface area contributed by atoms with E-state index in [1.165, 1.54) is 0 Å². The van der Waals surface area contributed by atoms with Gasteiger partial charge < -0.3 is 5.32 Å². The van der Waals surface area contributed by atoms with Crippen molar-refractivity contribution >= 4 is 34.2 Å². The zero-order chi connectivity index (χ0) is 16.3. The van der Waals surface area contributed by atoms with Crippen molar-refractivity contribution in [2.24, 2.45) is 5.41 Å². The first-order chi connectivity index (χ1) is 10.3. The standard InChI is InChI=1S/C16H20ClN3O2/c1-16(2,3)14(21)10-18-15(22)7-8-20-13-6-4-5-12(17)11(13)9-19-20/h4-6,9H,7-8,10H2,1-3H3,(H,18,22). The summed E-state index contributed by atoms with van der Waals surface area (Å²) in [7, 11) is 0. The number of rotatable bonds is 5. The van der Waals surface area contributed by atoms with E-state index in [0.717, 1.165) is 10.9 Å². The van der Waals surface area contributed by atoms with Gasteiger partial charge in [-0.1, -0.05) is 38.4 Å². The number of fused-ring (bicyclic) bond motifs is 1. The zero-order valence-electron chi connectivity index (χ0n) is 13.0. The molecule has 0 unspecified atom stereocenters. The molecule has 0 fully saturated rings. The summed E-state index contributed by atoms with van der Waals surface area (Å²) >= 11 is 6.09. The van der Waals surface area contributed by atoms with Crippen molar-refractivity contribution in [1.82, 2.24) is 15.1 Å². The third-order valence-electron chi connectivity index (χ3n) is 3.47. The predicted octanol–water partition coefficient (Wildman–Crippen LogP) is 2.81. The van der Waals surface area contributed by atoms with E-state index in [9.17, 15) is 9.59 Å². The highest BCUT2D eigenvalue weighted by atomic mass is 35.5. The van der Waals surface area contributed by atoms with Gasteiger partial charge in [0, 0.05) is 17.2 Å². The van der Waals surface area contributed by atoms with Crippen LogP contribution in [0.5, 0.6) is 0 Å². The fraction of sp³-hybridized carbons (Fsp3) is 0.438. The number of aromatic nitrogens is 2. The molecule has 0 aliphatic carbocycles. The number of amides is 1. The second-order valence-electron chi connectivity index (χ2n) is 6.24. The van der Waals surface area contributed by atoms with Gasteiger partial charge in [-0.05, 0) is 12.1 Å². The van der Waals surface area contributed by atoms with Gasteiger partial charge >= 0.3 is 0 Å². The molecule has 0 aliphatic rings. The Bertz CT molecular complexity index is 701. The van der Waals surface area contributed by atoms with Gasteiger partial charge in [-0.15, -0.1) is 0 Å². The van der Waals surface area contributed by atoms with E-state index < -0.39 is 5.41 Å². The molecule has 22 heavy (non-hydrogen) atoms. The number of nitrogens with zero attached hydrogens (tertiary/aromatic N) is 2. The average Bonchev–Trinajstić information content (AvgIpc) is 2.86. The van der Waals surface area contributed by atoms with E-state index in [-0.39, 0.29) is 24.7 Å². The number of Topliss-reactive ketones (excluding diaryl/α,β-unsaturated/α-hetero) is 1. The van der Waals surface area contributed by atoms with Crippen molar-refractivity contribution in [3.63, 3.8) is 0 Å². The van der Waals surface area contributed by atoms with E-state index in [1.807, 2.05) is 32.9 Å². The molecule has 0 bridgehead atoms. The molecule has 1 heterocycles. The Balaban J connectivity index is 1.91. The minimum Gasteiger partial charge on any atom is -0.349 e. The Labute approximate surface area is 134 Å². The maximum absolute atomic E-state index is 11.8. The minimum absolute atomic E-state index is 0.0113. The summed E-state index contributed by atoms with van der Waals surface area (Å²) in [5.41, 5.74) is 0.452. The number of aryl methyl sites for hydroxylation is 1. The molecule has 6 heteroatoms. The van der Waals surface area contributed by atoms with Gasteiger partial charge in [-0.3, -0.25) is 14.3 Å². The molecular formula is C16H20ClN3O2. The van der Waals surface area contributed by atoms with Crippen molar-refractivity contribution < 1.29 is 9.59 Å². The number of ketones is 1. The van der Waals surface area contributed by atoms with Crippen LogP contribution in [0.3, 0.4) is 0 Å². The molecule has 118 valence electrons. The van der Waals surface area contributed by atoms with Gasteiger partial charge in [0.05, 0.1) is 29.8 Å². The first kappa shape index (κ1) is 16.5. The summed E-state index contributed by atoms with van der Waals surface area (Å²) in [5.74, 6) is -0.152. The van der Waals surface area contributed by atoms with Crippen LogP contribution in [0.1, 0.15) is 27.2 Å². The molecule has 0 saturated heterocycles. The number of carbonyl (C=O) groups excluding carboxylic acids is 2. The van der Waals surface area contributed by atoms with E-state index >= 15 is 0 Å². The van der Waals surface area contributed by atoms with Crippen molar-refractivity contribution in [2.75, 3.05) is 6.54 Å². The number of nitrogens with one attached hydrogen (secondary N) is 1. The summed E-state index contributed by atoms with van der Waals surface area (Å²) in [6, 6.07) is 5.57. The van der Waals surface area contributed by atoms with Gasteiger partial charge in [0.2, 0.25) is 5.91 Å². The summed E-state index contributed by atoms with van der Waals surface area (Å²) in [6.07, 6.45) is 1.96. The van der Waals surface area contributed by atoms with Crippen LogP contribution in [0.4, 0.5) is 0 Å². The van der Waals surface area contributed by atoms with Gasteiger partial charge in [0.15, 0.2) is 5.78 Å². The molecule has 0 saturated carbocycles. The smallest absolute Gasteiger partial charge is 0.222 e. The van der Waals surface area contributed by atoms with E-state index in [0.29, 0.717) is 11.6 Å². The number of benzene rings is 1. The number of hydrogen-bond donors (Lipinski definition) is 1. The molecule has 0 spiro atoms. The molecule has 5 nitrogen and oxygen atoms in total. The van der Waals surface area contributed by atoms with Gasteiger partial charge in [0.1, 0.15) is 0 Å². The molecule has 1 N–H and O–H groups in total. The second-order valence-corrected chi connectivity index (χ2v) is 6.65. The molecule has 0 radical (unpaired) electrons. The SMILES string of the molecule is CC(C)(C)C(=O)CNC(=O)CCn1ncc2c(Cl)cccc21. The highest BCUT2D eigenvalue weighted by Gasteiger charge is 2.21. The van der Waals surface area contributed by atoms with Crippen molar-refractivity contribution in [3.05, 3.63) is 29.4 Å². The highest BCUT2D eigenvalue weighted by molar-refractivity contribution is 6.35. The summed E-state index contributed by atoms with van der Waals surface area (Å²) in [4.78, 5) is 23.6. The van der Waals surface area contributed by atoms with Crippen molar-refractivity contribution in [2.45, 2.75) is 33.7 Å². The molecular weight excluding hydrogens is 302 g/mol. The fourth-order valence-corrected chi connectivity index (χ4v) is 2.20. The van der Waals surface area contributed by atoms with Gasteiger partial charge in [-0.2, -0.15) is 5.10 Å². The zero-order valence-corrected chi connectivity index (χ0v) is 13.8. The fourth-order valence-electron chi connectivity index (χ4n) is 1.99. The lowest BCUT2D eigenvalue weighted by molar-refractivity contribution is -0.129. The van der Waals surface area contributed by atoms with Crippen LogP contribution < -0.4 is 5.32 Å². The summed E-state index contributed by atoms with van der Waals surface area (Å²) in [6.45, 7) is 6.01. The van der Waals surface area contributed by atoms with E-state index in [1.54, 1.807) is 16.9 Å². The Kier molecular flexibility index (Phi) is 4.86. The first-order valence-electron chi connectivity index (χ1n) is 7.19. The largest absolute Gasteiger partial charge is 0.349 e. The Hall–Kier alpha value is -1.88. The predicted molar refractivity (Wildman–Crippen MR) is 86.8 cm³/mol. The van der Waals surface area contributed by atoms with Crippen LogP contribution in [0.15, 0.2) is 24.4 Å². The third kappa shape index (κ3) is 3.85. The second kappa shape index (κ2) is 6.48. The maximum atomic E-state index is 11.8. The first-order valence-corrected chi connectivity index (χ1v) is 7.57. The van der Waals surface area contributed by atoms with Gasteiger partial charge in [-0.25, -0.2) is 0 Å². The van der Waals surface area contributed by atoms with Crippen LogP contribution >= 0.6 is 11.6 Å². The van der Waals surface area contributed by atoms with Crippen LogP contribution in [-0.4, -0.2) is 28.0 Å². The van der Waals surface area contributed by atoms with Crippen molar-refractivity contribution in [1.29, 1.82) is 0 Å². The van der Waals surface area contributed by atoms with Crippen molar-refractivity contribution in [3.8, 4) is 0 Å². The summed E-state index contributed by atoms with van der Waals surface area (Å²) in [5, 5.41) is 8.41. The Morgan fingerprint density at radius 1 is 1.32 bits per heavy atom. The molecule has 1 aromatic heterocycles. The number of carbonyl (C=O) groups is 2. The molecule has 2 aromatic rings. The molecule has 1 aromatic carbocycles. The monoisotopic (exact) mass is 321 g/mol. The van der Waals surface area contributed by atoms with Gasteiger partial charge in [0.25, 0.3) is 0 Å². The topological polar surface area (TPSA) is 64.0 Å². The maximum Gasteiger partial charge on any atom is 0.222 e. The van der Waals surface area contributed by atoms with Crippen LogP contribution in [0.25, 0.3) is 10.9 Å². The average molecular weight is 322 g/mol. The molecule has 1 amide bonds. The quantitative estimate of drug-likeness (QED) is 0.921. The Morgan fingerprint density at radius 2 is 2.05 bits per heavy atom. The minimum atomic E-state index is -0.442. The summed E-state index contributed by atoms with van der Waals surface area (Å²) < 4.78 is 1.74. The lowest BCUT2D eigenvalue weighted by Gasteiger charge is -2.16. The number of halogens is 1. The highest BCUT2D eigenvalue weighted by Crippen LogP contribution is 2.22. The number of hydrogen-bond acceptors (Lipinski definition) is 3. The molecule has 0 aliphatic heterocycles.